The van der Waals surface area contributed by atoms with Crippen molar-refractivity contribution in [2.45, 2.75) is 6.54 Å². The maximum absolute atomic E-state index is 11.5. The van der Waals surface area contributed by atoms with Gasteiger partial charge in [0.1, 0.15) is 5.52 Å². The third-order valence-corrected chi connectivity index (χ3v) is 2.52. The van der Waals surface area contributed by atoms with E-state index in [1.165, 1.54) is 25.5 Å². The van der Waals surface area contributed by atoms with Gasteiger partial charge in [-0.05, 0) is 17.7 Å². The molecule has 0 spiro atoms. The molecule has 1 aromatic carbocycles. The Hall–Kier alpha value is -2.37. The Morgan fingerprint density at radius 3 is 2.94 bits per heavy atom. The predicted octanol–water partition coefficient (Wildman–Crippen LogP) is 0.959. The first-order valence-corrected chi connectivity index (χ1v) is 5.27. The fourth-order valence-electron chi connectivity index (χ4n) is 1.59. The number of carbonyl (C=O) groups is 2. The highest BCUT2D eigenvalue weighted by Crippen LogP contribution is 2.15. The van der Waals surface area contributed by atoms with Crippen LogP contribution in [0.4, 0.5) is 0 Å². The van der Waals surface area contributed by atoms with Crippen molar-refractivity contribution < 1.29 is 18.7 Å². The Bertz CT molecular complexity index is 591. The molecule has 0 saturated carbocycles. The van der Waals surface area contributed by atoms with E-state index in [-0.39, 0.29) is 0 Å². The van der Waals surface area contributed by atoms with Crippen molar-refractivity contribution >= 4 is 23.0 Å². The van der Waals surface area contributed by atoms with Crippen LogP contribution in [0.15, 0.2) is 29.0 Å². The van der Waals surface area contributed by atoms with Gasteiger partial charge in [0.15, 0.2) is 12.0 Å². The van der Waals surface area contributed by atoms with Gasteiger partial charge in [-0.25, -0.2) is 9.78 Å². The summed E-state index contributed by atoms with van der Waals surface area (Å²) in [6.45, 7) is 0.296. The van der Waals surface area contributed by atoms with E-state index in [0.29, 0.717) is 12.1 Å². The highest BCUT2D eigenvalue weighted by atomic mass is 16.5. The standard InChI is InChI=1S/C12H12N2O4/c1-14(11(15)12(16)17-2)6-8-3-4-9-10(5-8)18-7-13-9/h3-5,7H,6H2,1-2H3. The van der Waals surface area contributed by atoms with Crippen molar-refractivity contribution in [3.63, 3.8) is 0 Å². The average Bonchev–Trinajstić information content (AvgIpc) is 2.84. The number of rotatable bonds is 2. The summed E-state index contributed by atoms with van der Waals surface area (Å²) in [7, 11) is 2.71. The minimum Gasteiger partial charge on any atom is -0.462 e. The van der Waals surface area contributed by atoms with E-state index in [2.05, 4.69) is 9.72 Å². The molecule has 94 valence electrons. The number of fused-ring (bicyclic) bond motifs is 1. The lowest BCUT2D eigenvalue weighted by molar-refractivity contribution is -0.157. The number of ether oxygens (including phenoxy) is 1. The summed E-state index contributed by atoms with van der Waals surface area (Å²) < 4.78 is 9.53. The lowest BCUT2D eigenvalue weighted by Gasteiger charge is -2.15. The number of benzene rings is 1. The molecule has 0 aliphatic heterocycles. The minimum atomic E-state index is -0.877. The number of esters is 1. The molecule has 1 aromatic heterocycles. The molecule has 1 amide bonds. The third-order valence-electron chi connectivity index (χ3n) is 2.52. The molecule has 18 heavy (non-hydrogen) atoms. The number of methoxy groups -OCH3 is 1. The first kappa shape index (κ1) is 12.1. The molecule has 0 N–H and O–H groups in total. The molecule has 0 aliphatic rings. The lowest BCUT2D eigenvalue weighted by atomic mass is 10.2. The number of nitrogens with zero attached hydrogens (tertiary/aromatic N) is 2. The van der Waals surface area contributed by atoms with Crippen molar-refractivity contribution in [1.29, 1.82) is 0 Å². The second-order valence-electron chi connectivity index (χ2n) is 3.81. The number of aromatic nitrogens is 1. The van der Waals surface area contributed by atoms with E-state index >= 15 is 0 Å². The minimum absolute atomic E-state index is 0.296. The van der Waals surface area contributed by atoms with Gasteiger partial charge in [-0.2, -0.15) is 0 Å². The van der Waals surface area contributed by atoms with Crippen molar-refractivity contribution in [1.82, 2.24) is 9.88 Å². The highest BCUT2D eigenvalue weighted by molar-refractivity contribution is 6.32. The Labute approximate surface area is 103 Å². The van der Waals surface area contributed by atoms with E-state index in [0.717, 1.165) is 11.1 Å². The van der Waals surface area contributed by atoms with Crippen LogP contribution in [-0.4, -0.2) is 35.9 Å². The Morgan fingerprint density at radius 2 is 2.22 bits per heavy atom. The second-order valence-corrected chi connectivity index (χ2v) is 3.81. The van der Waals surface area contributed by atoms with Crippen molar-refractivity contribution in [2.24, 2.45) is 0 Å². The maximum atomic E-state index is 11.5. The molecule has 0 saturated heterocycles. The SMILES string of the molecule is COC(=O)C(=O)N(C)Cc1ccc2ncoc2c1. The summed E-state index contributed by atoms with van der Waals surface area (Å²) in [6.07, 6.45) is 1.36. The normalized spacial score (nSPS) is 10.3. The van der Waals surface area contributed by atoms with Gasteiger partial charge in [-0.1, -0.05) is 6.07 Å². The van der Waals surface area contributed by atoms with E-state index in [4.69, 9.17) is 4.42 Å². The molecular formula is C12H12N2O4. The van der Waals surface area contributed by atoms with Gasteiger partial charge >= 0.3 is 11.9 Å². The molecular weight excluding hydrogens is 236 g/mol. The van der Waals surface area contributed by atoms with Crippen molar-refractivity contribution in [3.05, 3.63) is 30.2 Å². The summed E-state index contributed by atoms with van der Waals surface area (Å²) in [5, 5.41) is 0. The molecule has 0 bridgehead atoms. The van der Waals surface area contributed by atoms with E-state index < -0.39 is 11.9 Å². The molecule has 0 aliphatic carbocycles. The van der Waals surface area contributed by atoms with Gasteiger partial charge in [0.05, 0.1) is 7.11 Å². The predicted molar refractivity (Wildman–Crippen MR) is 62.5 cm³/mol. The van der Waals surface area contributed by atoms with Gasteiger partial charge < -0.3 is 14.1 Å². The fraction of sp³-hybridized carbons (Fsp3) is 0.250. The smallest absolute Gasteiger partial charge is 0.396 e. The summed E-state index contributed by atoms with van der Waals surface area (Å²) in [5.74, 6) is -1.56. The molecule has 1 heterocycles. The molecule has 0 atom stereocenters. The van der Waals surface area contributed by atoms with E-state index in [1.807, 2.05) is 6.07 Å². The van der Waals surface area contributed by atoms with Crippen LogP contribution < -0.4 is 0 Å². The summed E-state index contributed by atoms with van der Waals surface area (Å²) >= 11 is 0. The van der Waals surface area contributed by atoms with Crippen LogP contribution in [0.5, 0.6) is 0 Å². The zero-order valence-electron chi connectivity index (χ0n) is 10.0. The van der Waals surface area contributed by atoms with Crippen molar-refractivity contribution in [3.8, 4) is 0 Å². The first-order valence-electron chi connectivity index (χ1n) is 5.27. The monoisotopic (exact) mass is 248 g/mol. The zero-order chi connectivity index (χ0) is 13.1. The maximum Gasteiger partial charge on any atom is 0.396 e. The van der Waals surface area contributed by atoms with Crippen LogP contribution in [0.1, 0.15) is 5.56 Å². The highest BCUT2D eigenvalue weighted by Gasteiger charge is 2.19. The molecule has 0 radical (unpaired) electrons. The summed E-state index contributed by atoms with van der Waals surface area (Å²) in [5.41, 5.74) is 2.24. The number of oxazole rings is 1. The Morgan fingerprint density at radius 1 is 1.44 bits per heavy atom. The zero-order valence-corrected chi connectivity index (χ0v) is 10.0. The van der Waals surface area contributed by atoms with Crippen LogP contribution in [-0.2, 0) is 20.9 Å². The quantitative estimate of drug-likeness (QED) is 0.584. The van der Waals surface area contributed by atoms with Gasteiger partial charge in [0.2, 0.25) is 0 Å². The number of carbonyl (C=O) groups excluding carboxylic acids is 2. The lowest BCUT2D eigenvalue weighted by Crippen LogP contribution is -2.33. The number of hydrogen-bond acceptors (Lipinski definition) is 5. The third kappa shape index (κ3) is 2.32. The van der Waals surface area contributed by atoms with Gasteiger partial charge in [0, 0.05) is 13.6 Å². The summed E-state index contributed by atoms with van der Waals surface area (Å²) in [4.78, 5) is 27.9. The van der Waals surface area contributed by atoms with Crippen molar-refractivity contribution in [2.75, 3.05) is 14.2 Å². The van der Waals surface area contributed by atoms with Crippen LogP contribution >= 0.6 is 0 Å². The molecule has 2 rings (SSSR count). The second kappa shape index (κ2) is 4.87. The van der Waals surface area contributed by atoms with Crippen LogP contribution in [0, 0.1) is 0 Å². The largest absolute Gasteiger partial charge is 0.462 e. The summed E-state index contributed by atoms with van der Waals surface area (Å²) in [6, 6.07) is 5.40. The number of likely N-dealkylation sites (N-methyl/N-ethyl adjacent to an activating group) is 1. The number of hydrogen-bond donors (Lipinski definition) is 0. The fourth-order valence-corrected chi connectivity index (χ4v) is 1.59. The topological polar surface area (TPSA) is 72.6 Å². The average molecular weight is 248 g/mol. The molecule has 0 unspecified atom stereocenters. The van der Waals surface area contributed by atoms with Crippen LogP contribution in [0.25, 0.3) is 11.1 Å². The van der Waals surface area contributed by atoms with Gasteiger partial charge in [0.25, 0.3) is 0 Å². The van der Waals surface area contributed by atoms with Crippen LogP contribution in [0.3, 0.4) is 0 Å². The van der Waals surface area contributed by atoms with Gasteiger partial charge in [-0.3, -0.25) is 4.79 Å². The Kier molecular flexibility index (Phi) is 3.27. The molecule has 2 aromatic rings. The van der Waals surface area contributed by atoms with E-state index in [1.54, 1.807) is 12.1 Å². The molecule has 6 nitrogen and oxygen atoms in total. The van der Waals surface area contributed by atoms with Crippen LogP contribution in [0.2, 0.25) is 0 Å². The van der Waals surface area contributed by atoms with E-state index in [9.17, 15) is 9.59 Å². The first-order chi connectivity index (χ1) is 8.61. The Balaban J connectivity index is 2.13. The molecule has 6 heteroatoms. The molecule has 0 fully saturated rings. The number of amides is 1. The van der Waals surface area contributed by atoms with Gasteiger partial charge in [-0.15, -0.1) is 0 Å².